The van der Waals surface area contributed by atoms with Gasteiger partial charge in [0, 0.05) is 41.5 Å². The van der Waals surface area contributed by atoms with E-state index in [1.54, 1.807) is 6.07 Å². The quantitative estimate of drug-likeness (QED) is 0.662. The van der Waals surface area contributed by atoms with E-state index < -0.39 is 10.8 Å². The van der Waals surface area contributed by atoms with Crippen molar-refractivity contribution in [1.82, 2.24) is 0 Å². The van der Waals surface area contributed by atoms with Gasteiger partial charge < -0.3 is 10.2 Å². The Morgan fingerprint density at radius 3 is 2.70 bits per heavy atom. The number of anilines is 2. The third-order valence-corrected chi connectivity index (χ3v) is 4.97. The molecule has 0 bridgehead atoms. The van der Waals surface area contributed by atoms with Crippen LogP contribution in [0.5, 0.6) is 0 Å². The Hall–Kier alpha value is -3.22. The maximum absolute atomic E-state index is 12.6. The van der Waals surface area contributed by atoms with Crippen molar-refractivity contribution in [1.29, 1.82) is 0 Å². The van der Waals surface area contributed by atoms with Crippen LogP contribution in [-0.2, 0) is 11.2 Å². The normalized spacial score (nSPS) is 15.8. The largest absolute Gasteiger partial charge is 0.322 e. The van der Waals surface area contributed by atoms with E-state index in [9.17, 15) is 19.7 Å². The number of benzene rings is 2. The number of amides is 2. The van der Waals surface area contributed by atoms with E-state index in [2.05, 4.69) is 5.32 Å². The van der Waals surface area contributed by atoms with Gasteiger partial charge in [-0.2, -0.15) is 0 Å². The molecule has 1 aliphatic heterocycles. The van der Waals surface area contributed by atoms with Crippen LogP contribution >= 0.6 is 0 Å². The van der Waals surface area contributed by atoms with Crippen LogP contribution < -0.4 is 10.2 Å². The number of hydrogen-bond donors (Lipinski definition) is 1. The van der Waals surface area contributed by atoms with Gasteiger partial charge in [0.25, 0.3) is 11.6 Å². The van der Waals surface area contributed by atoms with E-state index in [-0.39, 0.29) is 23.1 Å². The second-order valence-electron chi connectivity index (χ2n) is 6.97. The summed E-state index contributed by atoms with van der Waals surface area (Å²) in [5.74, 6) is -0.119. The molecule has 2 aromatic carbocycles. The van der Waals surface area contributed by atoms with E-state index in [1.807, 2.05) is 17.0 Å². The minimum Gasteiger partial charge on any atom is -0.322 e. The van der Waals surface area contributed by atoms with E-state index in [0.717, 1.165) is 36.9 Å². The van der Waals surface area contributed by atoms with Crippen LogP contribution in [0.15, 0.2) is 42.5 Å². The molecule has 2 amide bonds. The van der Waals surface area contributed by atoms with Gasteiger partial charge in [-0.15, -0.1) is 0 Å². The van der Waals surface area contributed by atoms with Crippen molar-refractivity contribution in [2.75, 3.05) is 16.8 Å². The molecule has 1 fully saturated rings. The standard InChI is InChI=1S/C20H19N3O4/c24-19(15-3-1-5-17(11-15)23(26)27)21-16-9-8-13-4-2-10-22(18(13)12-16)20(25)14-6-7-14/h1,3,5,8-9,11-12,14H,2,4,6-7,10H2,(H,21,24). The SMILES string of the molecule is O=C(Nc1ccc2c(c1)N(C(=O)C1CC1)CCC2)c1cccc([N+](=O)[O-])c1. The van der Waals surface area contributed by atoms with Gasteiger partial charge in [-0.3, -0.25) is 19.7 Å². The zero-order valence-electron chi connectivity index (χ0n) is 14.7. The Labute approximate surface area is 156 Å². The van der Waals surface area contributed by atoms with Crippen LogP contribution in [0.2, 0.25) is 0 Å². The van der Waals surface area contributed by atoms with Crippen molar-refractivity contribution in [3.63, 3.8) is 0 Å². The molecular formula is C20H19N3O4. The maximum Gasteiger partial charge on any atom is 0.270 e. The summed E-state index contributed by atoms with van der Waals surface area (Å²) in [6.45, 7) is 0.699. The Morgan fingerprint density at radius 2 is 1.96 bits per heavy atom. The first-order valence-electron chi connectivity index (χ1n) is 9.03. The second kappa shape index (κ2) is 6.83. The van der Waals surface area contributed by atoms with Crippen LogP contribution in [0.3, 0.4) is 0 Å². The van der Waals surface area contributed by atoms with Crippen molar-refractivity contribution < 1.29 is 14.5 Å². The molecule has 0 aromatic heterocycles. The molecule has 1 aliphatic carbocycles. The molecule has 1 N–H and O–H groups in total. The lowest BCUT2D eigenvalue weighted by Gasteiger charge is -2.30. The van der Waals surface area contributed by atoms with Gasteiger partial charge in [0.2, 0.25) is 5.91 Å². The predicted molar refractivity (Wildman–Crippen MR) is 101 cm³/mol. The number of non-ortho nitro benzene ring substituents is 1. The van der Waals surface area contributed by atoms with Crippen molar-refractivity contribution in [2.45, 2.75) is 25.7 Å². The van der Waals surface area contributed by atoms with Crippen LogP contribution in [0.4, 0.5) is 17.1 Å². The van der Waals surface area contributed by atoms with Crippen molar-refractivity contribution in [3.05, 3.63) is 63.7 Å². The number of hydrogen-bond acceptors (Lipinski definition) is 4. The van der Waals surface area contributed by atoms with Gasteiger partial charge >= 0.3 is 0 Å². The molecule has 4 rings (SSSR count). The summed E-state index contributed by atoms with van der Waals surface area (Å²) < 4.78 is 0. The first kappa shape index (κ1) is 17.2. The molecular weight excluding hydrogens is 346 g/mol. The smallest absolute Gasteiger partial charge is 0.270 e. The van der Waals surface area contributed by atoms with E-state index >= 15 is 0 Å². The fourth-order valence-electron chi connectivity index (χ4n) is 3.40. The van der Waals surface area contributed by atoms with Gasteiger partial charge in [-0.25, -0.2) is 0 Å². The maximum atomic E-state index is 12.6. The lowest BCUT2D eigenvalue weighted by Crippen LogP contribution is -2.36. The van der Waals surface area contributed by atoms with E-state index in [0.29, 0.717) is 12.2 Å². The molecule has 138 valence electrons. The Kier molecular flexibility index (Phi) is 4.35. The fraction of sp³-hybridized carbons (Fsp3) is 0.300. The van der Waals surface area contributed by atoms with E-state index in [1.165, 1.54) is 24.3 Å². The first-order chi connectivity index (χ1) is 13.0. The van der Waals surface area contributed by atoms with Crippen LogP contribution in [0.25, 0.3) is 0 Å². The van der Waals surface area contributed by atoms with Crippen molar-refractivity contribution in [2.24, 2.45) is 5.92 Å². The lowest BCUT2D eigenvalue weighted by atomic mass is 10.0. The molecule has 2 aromatic rings. The highest BCUT2D eigenvalue weighted by molar-refractivity contribution is 6.05. The zero-order valence-corrected chi connectivity index (χ0v) is 14.7. The molecule has 7 heteroatoms. The highest BCUT2D eigenvalue weighted by Gasteiger charge is 2.35. The third kappa shape index (κ3) is 3.53. The summed E-state index contributed by atoms with van der Waals surface area (Å²) >= 11 is 0. The van der Waals surface area contributed by atoms with E-state index in [4.69, 9.17) is 0 Å². The molecule has 7 nitrogen and oxygen atoms in total. The number of nitrogens with zero attached hydrogens (tertiary/aromatic N) is 2. The lowest BCUT2D eigenvalue weighted by molar-refractivity contribution is -0.384. The monoisotopic (exact) mass is 365 g/mol. The highest BCUT2D eigenvalue weighted by atomic mass is 16.6. The van der Waals surface area contributed by atoms with Crippen LogP contribution in [-0.4, -0.2) is 23.3 Å². The number of aryl methyl sites for hydroxylation is 1. The van der Waals surface area contributed by atoms with Gasteiger partial charge in [0.15, 0.2) is 0 Å². The third-order valence-electron chi connectivity index (χ3n) is 4.97. The van der Waals surface area contributed by atoms with Gasteiger partial charge in [0.05, 0.1) is 4.92 Å². The summed E-state index contributed by atoms with van der Waals surface area (Å²) in [5.41, 5.74) is 2.61. The number of carbonyl (C=O) groups excluding carboxylic acids is 2. The number of nitro benzene ring substituents is 1. The zero-order chi connectivity index (χ0) is 19.0. The topological polar surface area (TPSA) is 92.6 Å². The van der Waals surface area contributed by atoms with Gasteiger partial charge in [-0.05, 0) is 49.4 Å². The molecule has 2 aliphatic rings. The Morgan fingerprint density at radius 1 is 1.15 bits per heavy atom. The molecule has 1 saturated carbocycles. The molecule has 0 spiro atoms. The molecule has 0 atom stereocenters. The molecule has 1 heterocycles. The van der Waals surface area contributed by atoms with Gasteiger partial charge in [-0.1, -0.05) is 12.1 Å². The summed E-state index contributed by atoms with van der Waals surface area (Å²) in [4.78, 5) is 37.2. The fourth-order valence-corrected chi connectivity index (χ4v) is 3.40. The summed E-state index contributed by atoms with van der Waals surface area (Å²) in [7, 11) is 0. The highest BCUT2D eigenvalue weighted by Crippen LogP contribution is 2.37. The number of nitro groups is 1. The summed E-state index contributed by atoms with van der Waals surface area (Å²) in [5, 5.41) is 13.7. The predicted octanol–water partition coefficient (Wildman–Crippen LogP) is 3.54. The second-order valence-corrected chi connectivity index (χ2v) is 6.97. The van der Waals surface area contributed by atoms with Crippen LogP contribution in [0.1, 0.15) is 35.2 Å². The molecule has 0 unspecified atom stereocenters. The minimum atomic E-state index is -0.531. The molecule has 27 heavy (non-hydrogen) atoms. The van der Waals surface area contributed by atoms with Crippen LogP contribution in [0, 0.1) is 16.0 Å². The Bertz CT molecular complexity index is 937. The molecule has 0 radical (unpaired) electrons. The molecule has 0 saturated heterocycles. The summed E-state index contributed by atoms with van der Waals surface area (Å²) in [6.07, 6.45) is 3.75. The summed E-state index contributed by atoms with van der Waals surface area (Å²) in [6, 6.07) is 11.2. The average molecular weight is 365 g/mol. The first-order valence-corrected chi connectivity index (χ1v) is 9.03. The minimum absolute atomic E-state index is 0.130. The number of nitrogens with one attached hydrogen (secondary N) is 1. The number of rotatable bonds is 4. The van der Waals surface area contributed by atoms with Crippen molar-refractivity contribution >= 4 is 28.9 Å². The van der Waals surface area contributed by atoms with Gasteiger partial charge in [0.1, 0.15) is 0 Å². The number of carbonyl (C=O) groups is 2. The Balaban J connectivity index is 1.57. The number of fused-ring (bicyclic) bond motifs is 1. The average Bonchev–Trinajstić information content (AvgIpc) is 3.52. The van der Waals surface area contributed by atoms with Crippen molar-refractivity contribution in [3.8, 4) is 0 Å².